The SMILES string of the molecule is CCCCN(C)CC1OCC(CO)O1. The zero-order valence-corrected chi connectivity index (χ0v) is 9.11. The van der Waals surface area contributed by atoms with Crippen molar-refractivity contribution in [1.82, 2.24) is 4.90 Å². The van der Waals surface area contributed by atoms with Crippen molar-refractivity contribution >= 4 is 0 Å². The summed E-state index contributed by atoms with van der Waals surface area (Å²) in [7, 11) is 2.06. The van der Waals surface area contributed by atoms with Crippen LogP contribution >= 0.6 is 0 Å². The molecule has 1 rings (SSSR count). The molecule has 0 aliphatic carbocycles. The molecule has 14 heavy (non-hydrogen) atoms. The molecule has 4 nitrogen and oxygen atoms in total. The van der Waals surface area contributed by atoms with Crippen LogP contribution in [0.15, 0.2) is 0 Å². The third kappa shape index (κ3) is 3.92. The predicted molar refractivity (Wildman–Crippen MR) is 54.1 cm³/mol. The fourth-order valence-electron chi connectivity index (χ4n) is 1.47. The first-order chi connectivity index (χ1) is 6.76. The third-order valence-corrected chi connectivity index (χ3v) is 2.37. The number of unbranched alkanes of at least 4 members (excludes halogenated alkanes) is 1. The number of aliphatic hydroxyl groups is 1. The van der Waals surface area contributed by atoms with E-state index >= 15 is 0 Å². The van der Waals surface area contributed by atoms with Crippen molar-refractivity contribution in [2.45, 2.75) is 32.2 Å². The first-order valence-electron chi connectivity index (χ1n) is 5.32. The molecular formula is C10H21NO3. The summed E-state index contributed by atoms with van der Waals surface area (Å²) < 4.78 is 10.8. The molecule has 0 aromatic carbocycles. The van der Waals surface area contributed by atoms with Crippen molar-refractivity contribution < 1.29 is 14.6 Å². The van der Waals surface area contributed by atoms with Gasteiger partial charge < -0.3 is 19.5 Å². The third-order valence-electron chi connectivity index (χ3n) is 2.37. The molecule has 0 spiro atoms. The van der Waals surface area contributed by atoms with Gasteiger partial charge in [-0.15, -0.1) is 0 Å². The summed E-state index contributed by atoms with van der Waals surface area (Å²) in [6, 6.07) is 0. The van der Waals surface area contributed by atoms with Crippen molar-refractivity contribution in [1.29, 1.82) is 0 Å². The summed E-state index contributed by atoms with van der Waals surface area (Å²) in [4.78, 5) is 2.20. The van der Waals surface area contributed by atoms with Crippen LogP contribution in [0.4, 0.5) is 0 Å². The van der Waals surface area contributed by atoms with Crippen LogP contribution < -0.4 is 0 Å². The first-order valence-corrected chi connectivity index (χ1v) is 5.32. The molecule has 84 valence electrons. The van der Waals surface area contributed by atoms with E-state index in [-0.39, 0.29) is 19.0 Å². The maximum Gasteiger partial charge on any atom is 0.170 e. The van der Waals surface area contributed by atoms with E-state index < -0.39 is 0 Å². The Bertz CT molecular complexity index is 154. The van der Waals surface area contributed by atoms with Gasteiger partial charge in [0.25, 0.3) is 0 Å². The van der Waals surface area contributed by atoms with Gasteiger partial charge in [0.2, 0.25) is 0 Å². The molecule has 1 aliphatic heterocycles. The number of ether oxygens (including phenoxy) is 2. The Hall–Kier alpha value is -0.160. The first kappa shape index (κ1) is 11.9. The highest BCUT2D eigenvalue weighted by Gasteiger charge is 2.25. The minimum Gasteiger partial charge on any atom is -0.394 e. The second kappa shape index (κ2) is 6.35. The lowest BCUT2D eigenvalue weighted by molar-refractivity contribution is -0.0783. The van der Waals surface area contributed by atoms with E-state index in [0.29, 0.717) is 6.61 Å². The molecule has 1 N–H and O–H groups in total. The molecule has 1 saturated heterocycles. The molecule has 1 heterocycles. The second-order valence-electron chi connectivity index (χ2n) is 3.82. The number of hydrogen-bond donors (Lipinski definition) is 1. The van der Waals surface area contributed by atoms with Crippen LogP contribution in [0.3, 0.4) is 0 Å². The molecule has 1 fully saturated rings. The Morgan fingerprint density at radius 2 is 2.29 bits per heavy atom. The van der Waals surface area contributed by atoms with Gasteiger partial charge in [0.05, 0.1) is 13.2 Å². The fraction of sp³-hybridized carbons (Fsp3) is 1.00. The number of likely N-dealkylation sites (N-methyl/N-ethyl adjacent to an activating group) is 1. The Morgan fingerprint density at radius 1 is 1.50 bits per heavy atom. The average Bonchev–Trinajstić information content (AvgIpc) is 2.62. The van der Waals surface area contributed by atoms with Crippen molar-refractivity contribution in [3.05, 3.63) is 0 Å². The van der Waals surface area contributed by atoms with Crippen molar-refractivity contribution in [3.8, 4) is 0 Å². The Morgan fingerprint density at radius 3 is 2.86 bits per heavy atom. The number of hydrogen-bond acceptors (Lipinski definition) is 4. The summed E-state index contributed by atoms with van der Waals surface area (Å²) in [5.41, 5.74) is 0. The molecule has 1 aliphatic rings. The summed E-state index contributed by atoms with van der Waals surface area (Å²) in [5, 5.41) is 8.84. The zero-order valence-electron chi connectivity index (χ0n) is 9.11. The maximum absolute atomic E-state index is 8.84. The minimum atomic E-state index is -0.158. The van der Waals surface area contributed by atoms with Crippen molar-refractivity contribution in [2.75, 3.05) is 33.4 Å². The summed E-state index contributed by atoms with van der Waals surface area (Å²) in [6.45, 7) is 4.61. The number of aliphatic hydroxyl groups excluding tert-OH is 1. The molecule has 0 aromatic rings. The smallest absolute Gasteiger partial charge is 0.170 e. The van der Waals surface area contributed by atoms with Crippen LogP contribution in [-0.2, 0) is 9.47 Å². The van der Waals surface area contributed by atoms with Crippen LogP contribution in [-0.4, -0.2) is 55.8 Å². The van der Waals surface area contributed by atoms with E-state index in [9.17, 15) is 0 Å². The molecule has 2 atom stereocenters. The van der Waals surface area contributed by atoms with E-state index in [1.807, 2.05) is 0 Å². The highest BCUT2D eigenvalue weighted by molar-refractivity contribution is 4.66. The van der Waals surface area contributed by atoms with Crippen LogP contribution in [0.2, 0.25) is 0 Å². The summed E-state index contributed by atoms with van der Waals surface area (Å²) in [5.74, 6) is 0. The lowest BCUT2D eigenvalue weighted by Gasteiger charge is -2.19. The molecule has 4 heteroatoms. The lowest BCUT2D eigenvalue weighted by atomic mass is 10.3. The van der Waals surface area contributed by atoms with Gasteiger partial charge in [-0.25, -0.2) is 0 Å². The zero-order chi connectivity index (χ0) is 10.4. The fourth-order valence-corrected chi connectivity index (χ4v) is 1.47. The van der Waals surface area contributed by atoms with E-state index in [1.54, 1.807) is 0 Å². The van der Waals surface area contributed by atoms with Gasteiger partial charge in [0.15, 0.2) is 6.29 Å². The van der Waals surface area contributed by atoms with Crippen LogP contribution in [0.1, 0.15) is 19.8 Å². The Kier molecular flexibility index (Phi) is 5.40. The quantitative estimate of drug-likeness (QED) is 0.680. The standard InChI is InChI=1S/C10H21NO3/c1-3-4-5-11(2)6-10-13-8-9(7-12)14-10/h9-10,12H,3-8H2,1-2H3. The molecular weight excluding hydrogens is 182 g/mol. The topological polar surface area (TPSA) is 41.9 Å². The molecule has 0 aromatic heterocycles. The largest absolute Gasteiger partial charge is 0.394 e. The van der Waals surface area contributed by atoms with Crippen LogP contribution in [0.25, 0.3) is 0 Å². The maximum atomic E-state index is 8.84. The van der Waals surface area contributed by atoms with E-state index in [2.05, 4.69) is 18.9 Å². The predicted octanol–water partition coefficient (Wildman–Crippen LogP) is 0.452. The monoisotopic (exact) mass is 203 g/mol. The van der Waals surface area contributed by atoms with Crippen LogP contribution in [0.5, 0.6) is 0 Å². The van der Waals surface area contributed by atoms with Gasteiger partial charge in [0.1, 0.15) is 6.10 Å². The van der Waals surface area contributed by atoms with Gasteiger partial charge in [-0.1, -0.05) is 13.3 Å². The minimum absolute atomic E-state index is 0.0508. The van der Waals surface area contributed by atoms with E-state index in [1.165, 1.54) is 12.8 Å². The average molecular weight is 203 g/mol. The van der Waals surface area contributed by atoms with Crippen molar-refractivity contribution in [3.63, 3.8) is 0 Å². The van der Waals surface area contributed by atoms with E-state index in [4.69, 9.17) is 14.6 Å². The lowest BCUT2D eigenvalue weighted by Crippen LogP contribution is -2.31. The Labute approximate surface area is 85.8 Å². The molecule has 2 unspecified atom stereocenters. The van der Waals surface area contributed by atoms with Gasteiger partial charge in [0, 0.05) is 6.54 Å². The van der Waals surface area contributed by atoms with Gasteiger partial charge in [-0.05, 0) is 20.0 Å². The second-order valence-corrected chi connectivity index (χ2v) is 3.82. The highest BCUT2D eigenvalue weighted by Crippen LogP contribution is 2.11. The number of rotatable bonds is 6. The van der Waals surface area contributed by atoms with Crippen molar-refractivity contribution in [2.24, 2.45) is 0 Å². The molecule has 0 amide bonds. The normalized spacial score (nSPS) is 27.4. The summed E-state index contributed by atoms with van der Waals surface area (Å²) in [6.07, 6.45) is 2.12. The molecule has 0 radical (unpaired) electrons. The van der Waals surface area contributed by atoms with Gasteiger partial charge in [-0.3, -0.25) is 0 Å². The highest BCUT2D eigenvalue weighted by atomic mass is 16.7. The van der Waals surface area contributed by atoms with E-state index in [0.717, 1.165) is 13.1 Å². The van der Waals surface area contributed by atoms with Gasteiger partial charge in [-0.2, -0.15) is 0 Å². The van der Waals surface area contributed by atoms with Gasteiger partial charge >= 0.3 is 0 Å². The molecule has 0 saturated carbocycles. The summed E-state index contributed by atoms with van der Waals surface area (Å²) >= 11 is 0. The molecule has 0 bridgehead atoms. The number of nitrogens with zero attached hydrogens (tertiary/aromatic N) is 1. The van der Waals surface area contributed by atoms with Crippen LogP contribution in [0, 0.1) is 0 Å². The Balaban J connectivity index is 2.12.